The molecule has 0 atom stereocenters. The van der Waals surface area contributed by atoms with Gasteiger partial charge in [-0.3, -0.25) is 5.10 Å². The average Bonchev–Trinajstić information content (AvgIpc) is 3.52. The van der Waals surface area contributed by atoms with Crippen molar-refractivity contribution < 1.29 is 4.39 Å². The van der Waals surface area contributed by atoms with Crippen molar-refractivity contribution in [2.24, 2.45) is 0 Å². The molecule has 0 radical (unpaired) electrons. The van der Waals surface area contributed by atoms with Gasteiger partial charge in [0.25, 0.3) is 0 Å². The third kappa shape index (κ3) is 4.46. The van der Waals surface area contributed by atoms with Crippen LogP contribution in [-0.4, -0.2) is 51.3 Å². The monoisotopic (exact) mass is 406 g/mol. The molecule has 2 fully saturated rings. The van der Waals surface area contributed by atoms with Crippen LogP contribution in [-0.2, 0) is 0 Å². The zero-order valence-corrected chi connectivity index (χ0v) is 16.5. The minimum absolute atomic E-state index is 0.276. The van der Waals surface area contributed by atoms with Crippen molar-refractivity contribution >= 4 is 29.9 Å². The van der Waals surface area contributed by atoms with Gasteiger partial charge >= 0.3 is 0 Å². The molecule has 1 aliphatic heterocycles. The summed E-state index contributed by atoms with van der Waals surface area (Å²) in [4.78, 5) is 15.9. The number of halogens is 1. The molecule has 0 spiro atoms. The van der Waals surface area contributed by atoms with Crippen molar-refractivity contribution in [3.63, 3.8) is 0 Å². The van der Waals surface area contributed by atoms with Crippen LogP contribution in [0.2, 0.25) is 0 Å². The number of H-pyrrole nitrogens is 1. The Bertz CT molecular complexity index is 1050. The normalized spacial score (nSPS) is 16.9. The van der Waals surface area contributed by atoms with E-state index in [4.69, 9.17) is 0 Å². The zero-order chi connectivity index (χ0) is 20.3. The lowest BCUT2D eigenvalue weighted by atomic mass is 10.2. The number of benzene rings is 1. The number of nitrogens with one attached hydrogen (secondary N) is 3. The minimum Gasteiger partial charge on any atom is -0.338 e. The van der Waals surface area contributed by atoms with E-state index in [1.165, 1.54) is 25.0 Å². The molecule has 3 aromatic rings. The zero-order valence-electron chi connectivity index (χ0n) is 16.5. The topological polar surface area (TPSA) is 94.7 Å². The molecule has 0 amide bonds. The summed E-state index contributed by atoms with van der Waals surface area (Å²) in [6.45, 7) is 3.41. The third-order valence-corrected chi connectivity index (χ3v) is 5.17. The SMILES string of the molecule is Fc1cccc(/C=C/c2nc(Nc3cc(C4CC4)[nH]n3)nc(N3CCNCC3)n2)c1. The van der Waals surface area contributed by atoms with Crippen molar-refractivity contribution in [1.29, 1.82) is 0 Å². The number of hydrogen-bond donors (Lipinski definition) is 3. The van der Waals surface area contributed by atoms with Crippen LogP contribution in [0, 0.1) is 5.82 Å². The molecular weight excluding hydrogens is 383 g/mol. The molecule has 3 heterocycles. The summed E-state index contributed by atoms with van der Waals surface area (Å²) >= 11 is 0. The Labute approximate surface area is 173 Å². The number of aromatic nitrogens is 5. The van der Waals surface area contributed by atoms with Gasteiger partial charge in [-0.15, -0.1) is 0 Å². The second-order valence-corrected chi connectivity index (χ2v) is 7.55. The highest BCUT2D eigenvalue weighted by molar-refractivity contribution is 5.67. The van der Waals surface area contributed by atoms with E-state index < -0.39 is 0 Å². The second-order valence-electron chi connectivity index (χ2n) is 7.55. The predicted molar refractivity (Wildman–Crippen MR) is 114 cm³/mol. The summed E-state index contributed by atoms with van der Waals surface area (Å²) in [5.74, 6) is 2.56. The number of nitrogens with zero attached hydrogens (tertiary/aromatic N) is 5. The van der Waals surface area contributed by atoms with Gasteiger partial charge in [0.1, 0.15) is 5.82 Å². The molecule has 9 heteroatoms. The van der Waals surface area contributed by atoms with Crippen molar-refractivity contribution in [2.75, 3.05) is 36.4 Å². The number of rotatable bonds is 6. The Hall–Kier alpha value is -3.33. The van der Waals surface area contributed by atoms with E-state index in [-0.39, 0.29) is 5.82 Å². The fraction of sp³-hybridized carbons (Fsp3) is 0.333. The lowest BCUT2D eigenvalue weighted by Gasteiger charge is -2.27. The Morgan fingerprint density at radius 3 is 2.73 bits per heavy atom. The molecule has 1 aromatic carbocycles. The van der Waals surface area contributed by atoms with Gasteiger partial charge in [-0.2, -0.15) is 20.1 Å². The van der Waals surface area contributed by atoms with Crippen LogP contribution >= 0.6 is 0 Å². The van der Waals surface area contributed by atoms with Gasteiger partial charge < -0.3 is 15.5 Å². The average molecular weight is 406 g/mol. The highest BCUT2D eigenvalue weighted by Crippen LogP contribution is 2.39. The Kier molecular flexibility index (Phi) is 5.10. The number of aromatic amines is 1. The highest BCUT2D eigenvalue weighted by Gasteiger charge is 2.25. The summed E-state index contributed by atoms with van der Waals surface area (Å²) in [5.41, 5.74) is 1.88. The van der Waals surface area contributed by atoms with Crippen LogP contribution in [0.15, 0.2) is 30.3 Å². The highest BCUT2D eigenvalue weighted by atomic mass is 19.1. The molecule has 8 nitrogen and oxygen atoms in total. The van der Waals surface area contributed by atoms with Gasteiger partial charge in [0, 0.05) is 43.9 Å². The van der Waals surface area contributed by atoms with Crippen LogP contribution in [0.1, 0.15) is 35.8 Å². The summed E-state index contributed by atoms with van der Waals surface area (Å²) < 4.78 is 13.5. The molecule has 2 aliphatic rings. The van der Waals surface area contributed by atoms with Crippen LogP contribution in [0.25, 0.3) is 12.2 Å². The van der Waals surface area contributed by atoms with E-state index >= 15 is 0 Å². The van der Waals surface area contributed by atoms with E-state index in [0.29, 0.717) is 29.5 Å². The third-order valence-electron chi connectivity index (χ3n) is 5.17. The van der Waals surface area contributed by atoms with Gasteiger partial charge in [-0.1, -0.05) is 18.2 Å². The van der Waals surface area contributed by atoms with E-state index in [1.54, 1.807) is 18.2 Å². The lowest BCUT2D eigenvalue weighted by molar-refractivity contribution is 0.579. The van der Waals surface area contributed by atoms with E-state index in [1.807, 2.05) is 12.1 Å². The van der Waals surface area contributed by atoms with Crippen LogP contribution in [0.4, 0.5) is 22.1 Å². The molecule has 3 N–H and O–H groups in total. The van der Waals surface area contributed by atoms with E-state index in [9.17, 15) is 4.39 Å². The summed E-state index contributed by atoms with van der Waals surface area (Å²) in [7, 11) is 0. The molecule has 0 bridgehead atoms. The molecule has 0 unspecified atom stereocenters. The van der Waals surface area contributed by atoms with Gasteiger partial charge in [-0.05, 0) is 36.6 Å². The van der Waals surface area contributed by atoms with Crippen molar-refractivity contribution in [2.45, 2.75) is 18.8 Å². The Morgan fingerprint density at radius 1 is 1.07 bits per heavy atom. The fourth-order valence-electron chi connectivity index (χ4n) is 3.42. The van der Waals surface area contributed by atoms with Crippen molar-refractivity contribution in [3.8, 4) is 0 Å². The van der Waals surface area contributed by atoms with Crippen molar-refractivity contribution in [3.05, 3.63) is 53.2 Å². The summed E-state index contributed by atoms with van der Waals surface area (Å²) in [6, 6.07) is 8.41. The van der Waals surface area contributed by atoms with Crippen molar-refractivity contribution in [1.82, 2.24) is 30.5 Å². The maximum absolute atomic E-state index is 13.5. The van der Waals surface area contributed by atoms with Crippen LogP contribution < -0.4 is 15.5 Å². The number of hydrogen-bond acceptors (Lipinski definition) is 7. The van der Waals surface area contributed by atoms with Gasteiger partial charge in [0.05, 0.1) is 0 Å². The van der Waals surface area contributed by atoms with Crippen LogP contribution in [0.3, 0.4) is 0 Å². The molecule has 2 aromatic heterocycles. The maximum Gasteiger partial charge on any atom is 0.233 e. The smallest absolute Gasteiger partial charge is 0.233 e. The lowest BCUT2D eigenvalue weighted by Crippen LogP contribution is -2.44. The first-order valence-electron chi connectivity index (χ1n) is 10.2. The Balaban J connectivity index is 1.42. The first kappa shape index (κ1) is 18.7. The van der Waals surface area contributed by atoms with E-state index in [2.05, 4.69) is 40.7 Å². The predicted octanol–water partition coefficient (Wildman–Crippen LogP) is 2.93. The molecule has 154 valence electrons. The van der Waals surface area contributed by atoms with Crippen LogP contribution in [0.5, 0.6) is 0 Å². The minimum atomic E-state index is -0.276. The molecular formula is C21H23FN8. The molecule has 30 heavy (non-hydrogen) atoms. The quantitative estimate of drug-likeness (QED) is 0.579. The number of piperazine rings is 1. The first-order chi connectivity index (χ1) is 14.7. The van der Waals surface area contributed by atoms with E-state index in [0.717, 1.165) is 37.4 Å². The maximum atomic E-state index is 13.5. The molecule has 1 aliphatic carbocycles. The first-order valence-corrected chi connectivity index (χ1v) is 10.2. The number of anilines is 3. The second kappa shape index (κ2) is 8.19. The standard InChI is InChI=1S/C21H23FN8/c22-16-3-1-2-14(12-16)4-7-18-24-20(25-19-13-17(28-29-19)15-5-6-15)27-21(26-18)30-10-8-23-9-11-30/h1-4,7,12-13,15,23H,5-6,8-11H2,(H2,24,25,26,27,28,29)/b7-4+. The van der Waals surface area contributed by atoms with Gasteiger partial charge in [-0.25, -0.2) is 4.39 Å². The summed E-state index contributed by atoms with van der Waals surface area (Å²) in [6.07, 6.45) is 5.97. The molecule has 1 saturated carbocycles. The fourth-order valence-corrected chi connectivity index (χ4v) is 3.42. The largest absolute Gasteiger partial charge is 0.338 e. The van der Waals surface area contributed by atoms with Gasteiger partial charge in [0.2, 0.25) is 11.9 Å². The van der Waals surface area contributed by atoms with Gasteiger partial charge in [0.15, 0.2) is 11.6 Å². The Morgan fingerprint density at radius 2 is 1.93 bits per heavy atom. The summed E-state index contributed by atoms with van der Waals surface area (Å²) in [5, 5.41) is 13.9. The molecule has 1 saturated heterocycles. The molecule has 5 rings (SSSR count).